The van der Waals surface area contributed by atoms with Crippen molar-refractivity contribution in [1.29, 1.82) is 0 Å². The van der Waals surface area contributed by atoms with Gasteiger partial charge < -0.3 is 39.5 Å². The predicted molar refractivity (Wildman–Crippen MR) is 222 cm³/mol. The second-order valence-electron chi connectivity index (χ2n) is 16.0. The largest absolute Gasteiger partial charge is 0.472 e. The maximum atomic E-state index is 12.8. The number of carbonyl (C=O) groups is 3. The average molecular weight is 887 g/mol. The molecule has 0 aromatic rings. The van der Waals surface area contributed by atoms with Gasteiger partial charge in [0, 0.05) is 25.2 Å². The molecule has 1 saturated carbocycles. The summed E-state index contributed by atoms with van der Waals surface area (Å²) in [6.07, 6.45) is 17.0. The normalized spacial score (nSPS) is 20.4. The van der Waals surface area contributed by atoms with Crippen molar-refractivity contribution in [2.45, 2.75) is 186 Å². The first-order valence-corrected chi connectivity index (χ1v) is 24.9. The minimum absolute atomic E-state index is 0.00677. The van der Waals surface area contributed by atoms with E-state index in [1.54, 1.807) is 12.2 Å². The van der Waals surface area contributed by atoms with Gasteiger partial charge in [0.2, 0.25) is 0 Å². The molecule has 8 atom stereocenters. The third kappa shape index (κ3) is 29.4. The number of esters is 2. The van der Waals surface area contributed by atoms with Crippen LogP contribution in [0.15, 0.2) is 12.2 Å². The van der Waals surface area contributed by atoms with Crippen LogP contribution in [0.25, 0.3) is 0 Å². The molecule has 2 unspecified atom stereocenters. The molecule has 0 aromatic heterocycles. The van der Waals surface area contributed by atoms with Crippen molar-refractivity contribution in [2.24, 2.45) is 17.8 Å². The van der Waals surface area contributed by atoms with Crippen molar-refractivity contribution in [2.75, 3.05) is 26.4 Å². The Balaban J connectivity index is 2.56. The summed E-state index contributed by atoms with van der Waals surface area (Å²) >= 11 is 0. The molecule has 0 bridgehead atoms. The van der Waals surface area contributed by atoms with Crippen LogP contribution in [-0.2, 0) is 46.6 Å². The van der Waals surface area contributed by atoms with Crippen molar-refractivity contribution in [3.8, 4) is 0 Å². The van der Waals surface area contributed by atoms with Gasteiger partial charge in [-0.15, -0.1) is 0 Å². The Morgan fingerprint density at radius 2 is 1.31 bits per heavy atom. The van der Waals surface area contributed by atoms with Crippen LogP contribution < -0.4 is 0 Å². The molecule has 1 aliphatic carbocycles. The van der Waals surface area contributed by atoms with Crippen molar-refractivity contribution < 1.29 is 76.6 Å². The fraction of sp³-hybridized carbons (Fsp3) is 0.878. The average Bonchev–Trinajstić information content (AvgIpc) is 3.45. The summed E-state index contributed by atoms with van der Waals surface area (Å²) in [5, 5.41) is 30.5. The molecule has 0 radical (unpaired) electrons. The number of aliphatic hydroxyl groups excluding tert-OH is 3. The Labute approximate surface area is 352 Å². The van der Waals surface area contributed by atoms with E-state index in [0.29, 0.717) is 38.5 Å². The summed E-state index contributed by atoms with van der Waals surface area (Å²) in [7, 11) is -9.76. The number of rotatable bonds is 37. The van der Waals surface area contributed by atoms with Crippen LogP contribution in [0.4, 0.5) is 0 Å². The first-order valence-electron chi connectivity index (χ1n) is 21.9. The van der Waals surface area contributed by atoms with Crippen LogP contribution in [0, 0.1) is 17.8 Å². The van der Waals surface area contributed by atoms with Crippen LogP contribution in [-0.4, -0.2) is 98.6 Å². The van der Waals surface area contributed by atoms with E-state index < -0.39 is 84.3 Å². The molecule has 346 valence electrons. The number of hydrogen-bond acceptors (Lipinski definition) is 13. The van der Waals surface area contributed by atoms with Gasteiger partial charge in [-0.25, -0.2) is 9.13 Å². The highest BCUT2D eigenvalue weighted by Crippen LogP contribution is 2.44. The van der Waals surface area contributed by atoms with E-state index in [4.69, 9.17) is 23.8 Å². The lowest BCUT2D eigenvalue weighted by atomic mass is 9.88. The maximum Gasteiger partial charge on any atom is 0.472 e. The Kier molecular flexibility index (Phi) is 30.2. The molecule has 6 N–H and O–H groups in total. The fourth-order valence-electron chi connectivity index (χ4n) is 6.82. The van der Waals surface area contributed by atoms with Gasteiger partial charge in [0.25, 0.3) is 0 Å². The molecule has 0 aromatic carbocycles. The molecular weight excluding hydrogens is 810 g/mol. The number of ether oxygens (including phenoxy) is 2. The number of unbranched alkanes of at least 4 members (excludes halogenated alkanes) is 12. The summed E-state index contributed by atoms with van der Waals surface area (Å²) < 4.78 is 47.7. The standard InChI is InChI=1S/C41H76O16P2/c1-4-6-15-21-33(42)25-26-37-36(38(44)27-39(37)45)22-17-13-14-19-24-41(47)57-35(31-56-59(51,52)55-29-34(43)28-54-58(48,49)50)30-53-40(46)23-18-12-10-8-7-9-11-16-20-32(3)5-2/h25-26,32-38,42-44H,4-24,27-31H2,1-3H3,(H,51,52)(H2,48,49,50)/b26-25+/t32?,33-,34-,35+,36+,37+,38-/m0/s1. The molecule has 0 aliphatic heterocycles. The molecule has 0 amide bonds. The lowest BCUT2D eigenvalue weighted by molar-refractivity contribution is -0.161. The molecule has 1 fully saturated rings. The molecule has 16 nitrogen and oxygen atoms in total. The van der Waals surface area contributed by atoms with E-state index in [1.165, 1.54) is 32.1 Å². The highest BCUT2D eigenvalue weighted by atomic mass is 31.2. The van der Waals surface area contributed by atoms with Crippen LogP contribution in [0.1, 0.15) is 162 Å². The van der Waals surface area contributed by atoms with Gasteiger partial charge in [-0.2, -0.15) is 0 Å². The maximum absolute atomic E-state index is 12.8. The monoisotopic (exact) mass is 886 g/mol. The van der Waals surface area contributed by atoms with E-state index in [2.05, 4.69) is 29.8 Å². The van der Waals surface area contributed by atoms with Gasteiger partial charge in [-0.3, -0.25) is 28.0 Å². The number of carbonyl (C=O) groups excluding carboxylic acids is 3. The summed E-state index contributed by atoms with van der Waals surface area (Å²) in [5.74, 6) is -1.13. The zero-order valence-electron chi connectivity index (χ0n) is 35.7. The van der Waals surface area contributed by atoms with Crippen LogP contribution in [0.3, 0.4) is 0 Å². The van der Waals surface area contributed by atoms with Gasteiger partial charge >= 0.3 is 27.6 Å². The zero-order valence-corrected chi connectivity index (χ0v) is 37.5. The summed E-state index contributed by atoms with van der Waals surface area (Å²) in [6.45, 7) is 3.67. The minimum atomic E-state index is -4.89. The first kappa shape index (κ1) is 55.5. The van der Waals surface area contributed by atoms with Crippen LogP contribution >= 0.6 is 15.6 Å². The van der Waals surface area contributed by atoms with Crippen molar-refractivity contribution in [1.82, 2.24) is 0 Å². The third-order valence-corrected chi connectivity index (χ3v) is 12.0. The number of allylic oxidation sites excluding steroid dienone is 1. The number of Topliss-reactive ketones (excluding diaryl/α,β-unsaturated/α-hetero) is 1. The number of aliphatic hydroxyl groups is 3. The second kappa shape index (κ2) is 32.2. The zero-order chi connectivity index (χ0) is 44.1. The van der Waals surface area contributed by atoms with Gasteiger partial charge in [0.1, 0.15) is 18.5 Å². The lowest BCUT2D eigenvalue weighted by Gasteiger charge is -2.20. The Hall–Kier alpha value is -1.55. The Morgan fingerprint density at radius 1 is 0.746 bits per heavy atom. The molecule has 0 saturated heterocycles. The van der Waals surface area contributed by atoms with Crippen molar-refractivity contribution in [3.05, 3.63) is 12.2 Å². The van der Waals surface area contributed by atoms with E-state index >= 15 is 0 Å². The number of hydrogen-bond donors (Lipinski definition) is 6. The number of ketones is 1. The summed E-state index contributed by atoms with van der Waals surface area (Å²) in [4.78, 5) is 65.4. The Bertz CT molecular complexity index is 1280. The van der Waals surface area contributed by atoms with Crippen molar-refractivity contribution in [3.63, 3.8) is 0 Å². The molecule has 0 heterocycles. The predicted octanol–water partition coefficient (Wildman–Crippen LogP) is 7.40. The van der Waals surface area contributed by atoms with Crippen LogP contribution in [0.5, 0.6) is 0 Å². The summed E-state index contributed by atoms with van der Waals surface area (Å²) in [6, 6.07) is 0. The molecular formula is C41H76O16P2. The molecule has 1 rings (SSSR count). The molecule has 59 heavy (non-hydrogen) atoms. The number of phosphoric acid groups is 2. The fourth-order valence-corrected chi connectivity index (χ4v) is 7.97. The molecule has 0 spiro atoms. The quantitative estimate of drug-likeness (QED) is 0.0154. The summed E-state index contributed by atoms with van der Waals surface area (Å²) in [5.41, 5.74) is 0. The van der Waals surface area contributed by atoms with E-state index in [0.717, 1.165) is 57.3 Å². The van der Waals surface area contributed by atoms with E-state index in [1.807, 2.05) is 0 Å². The van der Waals surface area contributed by atoms with Gasteiger partial charge in [-0.1, -0.05) is 129 Å². The van der Waals surface area contributed by atoms with E-state index in [-0.39, 0.29) is 31.0 Å². The Morgan fingerprint density at radius 3 is 1.93 bits per heavy atom. The topological polar surface area (TPSA) is 253 Å². The highest BCUT2D eigenvalue weighted by Gasteiger charge is 2.39. The van der Waals surface area contributed by atoms with E-state index in [9.17, 15) is 43.7 Å². The van der Waals surface area contributed by atoms with Gasteiger partial charge in [0.05, 0.1) is 32.0 Å². The smallest absolute Gasteiger partial charge is 0.462 e. The minimum Gasteiger partial charge on any atom is -0.462 e. The third-order valence-electron chi connectivity index (χ3n) is 10.6. The van der Waals surface area contributed by atoms with Gasteiger partial charge in [-0.05, 0) is 37.5 Å². The highest BCUT2D eigenvalue weighted by molar-refractivity contribution is 7.47. The molecule has 1 aliphatic rings. The SMILES string of the molecule is CCCCC[C@H](O)/C=C/[C@H]1C(=O)C[C@H](O)[C@@H]1CCCCCCC(=O)O[C@H](COC(=O)CCCCCCCCCCC(C)CC)COP(=O)(O)OC[C@@H](O)COP(=O)(O)O. The van der Waals surface area contributed by atoms with Crippen LogP contribution in [0.2, 0.25) is 0 Å². The van der Waals surface area contributed by atoms with Crippen molar-refractivity contribution >= 4 is 33.4 Å². The van der Waals surface area contributed by atoms with Gasteiger partial charge in [0.15, 0.2) is 6.10 Å². The number of phosphoric ester groups is 2. The lowest BCUT2D eigenvalue weighted by Crippen LogP contribution is -2.30. The second-order valence-corrected chi connectivity index (χ2v) is 18.7. The first-order chi connectivity index (χ1) is 28.0. The molecule has 18 heteroatoms.